The molecule has 3 aromatic rings. The molecule has 0 aliphatic carbocycles. The van der Waals surface area contributed by atoms with Gasteiger partial charge >= 0.3 is 0 Å². The van der Waals surface area contributed by atoms with Crippen LogP contribution in [0.15, 0.2) is 37.4 Å². The zero-order chi connectivity index (χ0) is 21.5. The van der Waals surface area contributed by atoms with Crippen LogP contribution in [0.3, 0.4) is 0 Å². The van der Waals surface area contributed by atoms with Gasteiger partial charge in [0.2, 0.25) is 0 Å². The van der Waals surface area contributed by atoms with Gasteiger partial charge in [-0.15, -0.1) is 0 Å². The number of aryl methyl sites for hydroxylation is 2. The number of hydrogen-bond acceptors (Lipinski definition) is 6. The minimum absolute atomic E-state index is 0.00207. The minimum atomic E-state index is -0.102. The first-order valence-corrected chi connectivity index (χ1v) is 10.9. The predicted molar refractivity (Wildman–Crippen MR) is 120 cm³/mol. The number of nitrogens with zero attached hydrogens (tertiary/aromatic N) is 3. The quantitative estimate of drug-likeness (QED) is 0.706. The average Bonchev–Trinajstić information content (AvgIpc) is 2.76. The van der Waals surface area contributed by atoms with E-state index in [1.165, 1.54) is 0 Å². The zero-order valence-corrected chi connectivity index (χ0v) is 18.0. The Bertz CT molecular complexity index is 1320. The van der Waals surface area contributed by atoms with Gasteiger partial charge in [0.05, 0.1) is 28.6 Å². The SMILES string of the molecule is Cc1cc(C)c2c(=O)c(CN3CCc4nc(C5=NCCCC5)[nH]c(=O)c4C3)coc2c1. The van der Waals surface area contributed by atoms with E-state index >= 15 is 0 Å². The molecule has 7 nitrogen and oxygen atoms in total. The van der Waals surface area contributed by atoms with Crippen LogP contribution in [0.1, 0.15) is 53.0 Å². The maximum absolute atomic E-state index is 13.1. The van der Waals surface area contributed by atoms with Gasteiger partial charge in [0.15, 0.2) is 11.3 Å². The number of hydrogen-bond donors (Lipinski definition) is 1. The average molecular weight is 418 g/mol. The topological polar surface area (TPSA) is 91.6 Å². The largest absolute Gasteiger partial charge is 0.464 e. The second kappa shape index (κ2) is 7.89. The van der Waals surface area contributed by atoms with Crippen molar-refractivity contribution < 1.29 is 4.42 Å². The molecule has 5 rings (SSSR count). The molecule has 7 heteroatoms. The lowest BCUT2D eigenvalue weighted by atomic mass is 10.0. The van der Waals surface area contributed by atoms with E-state index in [9.17, 15) is 9.59 Å². The summed E-state index contributed by atoms with van der Waals surface area (Å²) in [5.41, 5.74) is 5.57. The fourth-order valence-corrected chi connectivity index (χ4v) is 4.65. The normalized spacial score (nSPS) is 16.9. The van der Waals surface area contributed by atoms with Crippen molar-refractivity contribution >= 4 is 16.7 Å². The van der Waals surface area contributed by atoms with Crippen LogP contribution in [0, 0.1) is 13.8 Å². The Hall–Kier alpha value is -3.06. The van der Waals surface area contributed by atoms with Crippen molar-refractivity contribution in [2.45, 2.75) is 52.6 Å². The molecule has 0 spiro atoms. The Balaban J connectivity index is 1.42. The maximum atomic E-state index is 13.1. The molecule has 0 saturated heterocycles. The van der Waals surface area contributed by atoms with Crippen LogP contribution in [-0.4, -0.2) is 33.7 Å². The van der Waals surface area contributed by atoms with Gasteiger partial charge in [0.25, 0.3) is 5.56 Å². The molecule has 0 radical (unpaired) electrons. The van der Waals surface area contributed by atoms with E-state index in [2.05, 4.69) is 14.9 Å². The smallest absolute Gasteiger partial charge is 0.255 e. The van der Waals surface area contributed by atoms with Crippen LogP contribution >= 0.6 is 0 Å². The van der Waals surface area contributed by atoms with Crippen molar-refractivity contribution in [3.05, 3.63) is 72.7 Å². The molecule has 1 aromatic carbocycles. The van der Waals surface area contributed by atoms with E-state index in [-0.39, 0.29) is 11.0 Å². The van der Waals surface area contributed by atoms with Crippen LogP contribution < -0.4 is 11.0 Å². The number of nitrogens with one attached hydrogen (secondary N) is 1. The van der Waals surface area contributed by atoms with Crippen molar-refractivity contribution in [1.82, 2.24) is 14.9 Å². The first kappa shape index (κ1) is 19.9. The molecule has 0 saturated carbocycles. The molecule has 1 N–H and O–H groups in total. The Morgan fingerprint density at radius 3 is 2.84 bits per heavy atom. The highest BCUT2D eigenvalue weighted by molar-refractivity contribution is 5.97. The van der Waals surface area contributed by atoms with Crippen molar-refractivity contribution in [1.29, 1.82) is 0 Å². The number of rotatable bonds is 3. The van der Waals surface area contributed by atoms with Crippen molar-refractivity contribution in [2.75, 3.05) is 13.1 Å². The second-order valence-electron chi connectivity index (χ2n) is 8.63. The van der Waals surface area contributed by atoms with E-state index < -0.39 is 0 Å². The zero-order valence-electron chi connectivity index (χ0n) is 18.0. The summed E-state index contributed by atoms with van der Waals surface area (Å²) < 4.78 is 5.78. The molecule has 4 heterocycles. The summed E-state index contributed by atoms with van der Waals surface area (Å²) in [6.45, 7) is 6.38. The standard InChI is InChI=1S/C24H26N4O3/c1-14-9-15(2)21-20(10-14)31-13-16(22(21)29)11-28-8-6-18-17(12-28)24(30)27-23(26-18)19-5-3-4-7-25-19/h9-10,13H,3-8,11-12H2,1-2H3,(H,26,27,30). The van der Waals surface area contributed by atoms with Gasteiger partial charge < -0.3 is 9.40 Å². The van der Waals surface area contributed by atoms with E-state index in [1.807, 2.05) is 26.0 Å². The van der Waals surface area contributed by atoms with Crippen LogP contribution in [-0.2, 0) is 19.5 Å². The molecule has 31 heavy (non-hydrogen) atoms. The summed E-state index contributed by atoms with van der Waals surface area (Å²) >= 11 is 0. The third-order valence-corrected chi connectivity index (χ3v) is 6.23. The molecule has 160 valence electrons. The number of aromatic nitrogens is 2. The summed E-state index contributed by atoms with van der Waals surface area (Å²) in [6, 6.07) is 3.89. The Morgan fingerprint density at radius 1 is 1.16 bits per heavy atom. The summed E-state index contributed by atoms with van der Waals surface area (Å²) in [6.07, 6.45) is 5.28. The van der Waals surface area contributed by atoms with Crippen molar-refractivity contribution in [3.63, 3.8) is 0 Å². The lowest BCUT2D eigenvalue weighted by molar-refractivity contribution is 0.239. The van der Waals surface area contributed by atoms with Crippen molar-refractivity contribution in [2.24, 2.45) is 4.99 Å². The summed E-state index contributed by atoms with van der Waals surface area (Å²) in [5.74, 6) is 0.623. The highest BCUT2D eigenvalue weighted by Gasteiger charge is 2.24. The van der Waals surface area contributed by atoms with Gasteiger partial charge in [0.1, 0.15) is 5.58 Å². The van der Waals surface area contributed by atoms with Crippen LogP contribution in [0.25, 0.3) is 11.0 Å². The fourth-order valence-electron chi connectivity index (χ4n) is 4.65. The third kappa shape index (κ3) is 3.74. The van der Waals surface area contributed by atoms with Gasteiger partial charge in [-0.3, -0.25) is 19.5 Å². The van der Waals surface area contributed by atoms with E-state index in [0.717, 1.165) is 54.9 Å². The van der Waals surface area contributed by atoms with Crippen LogP contribution in [0.5, 0.6) is 0 Å². The maximum Gasteiger partial charge on any atom is 0.255 e. The van der Waals surface area contributed by atoms with Gasteiger partial charge in [0, 0.05) is 38.2 Å². The van der Waals surface area contributed by atoms with Crippen LogP contribution in [0.4, 0.5) is 0 Å². The summed E-state index contributed by atoms with van der Waals surface area (Å²) in [7, 11) is 0. The van der Waals surface area contributed by atoms with Gasteiger partial charge in [-0.25, -0.2) is 4.98 Å². The Labute approximate surface area is 179 Å². The minimum Gasteiger partial charge on any atom is -0.464 e. The molecule has 2 aliphatic heterocycles. The Morgan fingerprint density at radius 2 is 2.03 bits per heavy atom. The molecular weight excluding hydrogens is 392 g/mol. The Kier molecular flexibility index (Phi) is 5.06. The number of fused-ring (bicyclic) bond motifs is 2. The lowest BCUT2D eigenvalue weighted by Gasteiger charge is -2.27. The molecule has 0 fully saturated rings. The summed E-state index contributed by atoms with van der Waals surface area (Å²) in [4.78, 5) is 40.2. The molecule has 0 amide bonds. The molecule has 0 bridgehead atoms. The molecule has 2 aliphatic rings. The first-order chi connectivity index (χ1) is 15.0. The second-order valence-corrected chi connectivity index (χ2v) is 8.63. The molecule has 0 atom stereocenters. The first-order valence-electron chi connectivity index (χ1n) is 10.9. The highest BCUT2D eigenvalue weighted by atomic mass is 16.3. The monoisotopic (exact) mass is 418 g/mol. The van der Waals surface area contributed by atoms with Gasteiger partial charge in [-0.05, 0) is 50.3 Å². The predicted octanol–water partition coefficient (Wildman–Crippen LogP) is 3.02. The van der Waals surface area contributed by atoms with E-state index in [4.69, 9.17) is 9.40 Å². The number of benzene rings is 1. The van der Waals surface area contributed by atoms with Gasteiger partial charge in [-0.2, -0.15) is 0 Å². The highest BCUT2D eigenvalue weighted by Crippen LogP contribution is 2.21. The number of H-pyrrole nitrogens is 1. The molecule has 0 unspecified atom stereocenters. The third-order valence-electron chi connectivity index (χ3n) is 6.23. The van der Waals surface area contributed by atoms with Crippen molar-refractivity contribution in [3.8, 4) is 0 Å². The van der Waals surface area contributed by atoms with Crippen LogP contribution in [0.2, 0.25) is 0 Å². The lowest BCUT2D eigenvalue weighted by Crippen LogP contribution is -2.37. The fraction of sp³-hybridized carbons (Fsp3) is 0.417. The number of aliphatic imine (C=N–C) groups is 1. The molecular formula is C24H26N4O3. The van der Waals surface area contributed by atoms with E-state index in [0.29, 0.717) is 47.4 Å². The van der Waals surface area contributed by atoms with Gasteiger partial charge in [-0.1, -0.05) is 6.07 Å². The summed E-state index contributed by atoms with van der Waals surface area (Å²) in [5, 5.41) is 0.637. The molecule has 2 aromatic heterocycles. The number of aromatic amines is 1. The van der Waals surface area contributed by atoms with E-state index in [1.54, 1.807) is 6.26 Å².